The van der Waals surface area contributed by atoms with Gasteiger partial charge >= 0.3 is 23.9 Å². The number of carbonyl (C=O) groups excluding carboxylic acids is 4. The Balaban J connectivity index is 5.38. The fourth-order valence-electron chi connectivity index (χ4n) is 7.05. The molecule has 0 amide bonds. The maximum atomic E-state index is 13.1. The van der Waals surface area contributed by atoms with Crippen molar-refractivity contribution in [3.8, 4) is 0 Å². The molecule has 0 bridgehead atoms. The van der Waals surface area contributed by atoms with E-state index >= 15 is 0 Å². The van der Waals surface area contributed by atoms with Crippen molar-refractivity contribution in [2.75, 3.05) is 47.1 Å². The molecule has 0 aliphatic carbocycles. The van der Waals surface area contributed by atoms with E-state index in [1.807, 2.05) is 19.0 Å². The number of unbranched alkanes of at least 4 members (excludes halogenated alkanes) is 22. The van der Waals surface area contributed by atoms with E-state index in [0.717, 1.165) is 129 Å². The summed E-state index contributed by atoms with van der Waals surface area (Å²) < 4.78 is 23.2. The zero-order valence-electron chi connectivity index (χ0n) is 41.5. The predicted octanol–water partition coefficient (Wildman–Crippen LogP) is 14.3. The summed E-state index contributed by atoms with van der Waals surface area (Å²) in [6.07, 6.45) is 45.8. The topological polar surface area (TPSA) is 108 Å². The zero-order valence-corrected chi connectivity index (χ0v) is 41.5. The molecule has 0 spiro atoms. The lowest BCUT2D eigenvalue weighted by Gasteiger charge is -2.31. The van der Waals surface area contributed by atoms with Gasteiger partial charge in [0.05, 0.1) is 0 Å². The first-order chi connectivity index (χ1) is 30.7. The monoisotopic (exact) mass is 888 g/mol. The van der Waals surface area contributed by atoms with Gasteiger partial charge in [-0.3, -0.25) is 19.2 Å². The summed E-state index contributed by atoms with van der Waals surface area (Å²) in [5.41, 5.74) is -1.22. The van der Waals surface area contributed by atoms with Gasteiger partial charge in [0, 0.05) is 25.7 Å². The fraction of sp³-hybridized carbons (Fsp3) is 0.815. The third-order valence-electron chi connectivity index (χ3n) is 11.3. The molecular weight excluding hydrogens is 791 g/mol. The average Bonchev–Trinajstić information content (AvgIpc) is 3.27. The second-order valence-electron chi connectivity index (χ2n) is 18.2. The first-order valence-corrected chi connectivity index (χ1v) is 25.9. The summed E-state index contributed by atoms with van der Waals surface area (Å²) in [5, 5.41) is 0. The minimum Gasteiger partial charge on any atom is -0.465 e. The van der Waals surface area contributed by atoms with Gasteiger partial charge in [-0.05, 0) is 104 Å². The maximum Gasteiger partial charge on any atom is 0.305 e. The number of carbonyl (C=O) groups is 4. The Kier molecular flexibility index (Phi) is 43.5. The first-order valence-electron chi connectivity index (χ1n) is 25.9. The van der Waals surface area contributed by atoms with Crippen molar-refractivity contribution >= 4 is 23.9 Å². The Hall–Kier alpha value is -2.94. The SMILES string of the molecule is CCCC/C=C\CCCCCCCCC(=O)OCC(COC(=O)CCCCCCC/C=C\CCCC)(COC(=O)CCCCCCC/C=C\CCCC)COC(=O)CCCN(C)C. The normalized spacial score (nSPS) is 12.0. The van der Waals surface area contributed by atoms with Gasteiger partial charge in [-0.15, -0.1) is 0 Å². The average molecular weight is 888 g/mol. The summed E-state index contributed by atoms with van der Waals surface area (Å²) in [6.45, 7) is 6.59. The summed E-state index contributed by atoms with van der Waals surface area (Å²) in [5.74, 6) is -1.49. The van der Waals surface area contributed by atoms with Crippen LogP contribution in [0.3, 0.4) is 0 Å². The van der Waals surface area contributed by atoms with Crippen LogP contribution in [-0.4, -0.2) is 75.8 Å². The lowest BCUT2D eigenvalue weighted by atomic mass is 9.92. The molecule has 63 heavy (non-hydrogen) atoms. The summed E-state index contributed by atoms with van der Waals surface area (Å²) in [7, 11) is 3.90. The largest absolute Gasteiger partial charge is 0.465 e. The Morgan fingerprint density at radius 1 is 0.349 bits per heavy atom. The van der Waals surface area contributed by atoms with Crippen LogP contribution in [0.1, 0.15) is 233 Å². The second-order valence-corrected chi connectivity index (χ2v) is 18.2. The molecule has 0 aromatic carbocycles. The van der Waals surface area contributed by atoms with E-state index in [2.05, 4.69) is 57.2 Å². The molecule has 0 saturated carbocycles. The van der Waals surface area contributed by atoms with E-state index in [4.69, 9.17) is 18.9 Å². The highest BCUT2D eigenvalue weighted by molar-refractivity contribution is 5.71. The summed E-state index contributed by atoms with van der Waals surface area (Å²) in [6, 6.07) is 0. The van der Waals surface area contributed by atoms with Crippen molar-refractivity contribution in [3.63, 3.8) is 0 Å². The molecule has 366 valence electrons. The second kappa shape index (κ2) is 45.6. The summed E-state index contributed by atoms with van der Waals surface area (Å²) in [4.78, 5) is 54.1. The molecule has 0 saturated heterocycles. The van der Waals surface area contributed by atoms with Crippen LogP contribution in [0.25, 0.3) is 0 Å². The standard InChI is InChI=1S/C54H97NO8/c1-6-9-12-15-18-21-24-27-30-33-36-39-43-52(58)62-48-54(49-63-53(59)44-40-45-55(4)5,46-60-50(56)41-37-34-31-28-25-22-19-16-13-10-7-2)47-61-51(57)42-38-35-32-29-26-23-20-17-14-11-8-3/h15-20H,6-14,21-49H2,1-5H3/b18-15-,19-16-,20-17-. The maximum absolute atomic E-state index is 13.1. The Morgan fingerprint density at radius 2 is 0.587 bits per heavy atom. The van der Waals surface area contributed by atoms with Crippen LogP contribution in [0.2, 0.25) is 0 Å². The molecule has 0 N–H and O–H groups in total. The number of nitrogens with zero attached hydrogens (tertiary/aromatic N) is 1. The van der Waals surface area contributed by atoms with Gasteiger partial charge in [-0.2, -0.15) is 0 Å². The molecule has 0 unspecified atom stereocenters. The van der Waals surface area contributed by atoms with Crippen LogP contribution >= 0.6 is 0 Å². The van der Waals surface area contributed by atoms with E-state index < -0.39 is 11.4 Å². The first kappa shape index (κ1) is 60.1. The molecule has 9 heteroatoms. The van der Waals surface area contributed by atoms with Gasteiger partial charge in [-0.1, -0.05) is 160 Å². The molecule has 0 heterocycles. The van der Waals surface area contributed by atoms with Crippen molar-refractivity contribution in [2.45, 2.75) is 233 Å². The van der Waals surface area contributed by atoms with Crippen molar-refractivity contribution in [1.29, 1.82) is 0 Å². The molecule has 0 radical (unpaired) electrons. The van der Waals surface area contributed by atoms with Crippen molar-refractivity contribution in [2.24, 2.45) is 5.41 Å². The van der Waals surface area contributed by atoms with E-state index in [1.54, 1.807) is 0 Å². The van der Waals surface area contributed by atoms with E-state index in [9.17, 15) is 19.2 Å². The number of hydrogen-bond donors (Lipinski definition) is 0. The molecule has 9 nitrogen and oxygen atoms in total. The molecule has 0 atom stereocenters. The molecule has 0 aliphatic rings. The highest BCUT2D eigenvalue weighted by Crippen LogP contribution is 2.24. The molecule has 0 aromatic rings. The molecule has 0 aromatic heterocycles. The lowest BCUT2D eigenvalue weighted by Crippen LogP contribution is -2.44. The fourth-order valence-corrected chi connectivity index (χ4v) is 7.05. The number of allylic oxidation sites excluding steroid dienone is 6. The van der Waals surface area contributed by atoms with E-state index in [-0.39, 0.29) is 70.0 Å². The Labute approximate surface area is 387 Å². The van der Waals surface area contributed by atoms with Crippen LogP contribution in [0.4, 0.5) is 0 Å². The van der Waals surface area contributed by atoms with Crippen LogP contribution in [-0.2, 0) is 38.1 Å². The zero-order chi connectivity index (χ0) is 46.3. The van der Waals surface area contributed by atoms with Crippen molar-refractivity contribution in [3.05, 3.63) is 36.5 Å². The van der Waals surface area contributed by atoms with Gasteiger partial charge in [-0.25, -0.2) is 0 Å². The molecule has 0 rings (SSSR count). The highest BCUT2D eigenvalue weighted by Gasteiger charge is 2.38. The third kappa shape index (κ3) is 42.8. The van der Waals surface area contributed by atoms with Crippen LogP contribution in [0, 0.1) is 5.41 Å². The minimum absolute atomic E-state index is 0.192. The van der Waals surface area contributed by atoms with Crippen molar-refractivity contribution in [1.82, 2.24) is 4.90 Å². The number of esters is 4. The van der Waals surface area contributed by atoms with Gasteiger partial charge in [0.1, 0.15) is 31.8 Å². The van der Waals surface area contributed by atoms with Crippen LogP contribution in [0.5, 0.6) is 0 Å². The third-order valence-corrected chi connectivity index (χ3v) is 11.3. The predicted molar refractivity (Wildman–Crippen MR) is 262 cm³/mol. The van der Waals surface area contributed by atoms with Gasteiger partial charge in [0.2, 0.25) is 0 Å². The van der Waals surface area contributed by atoms with E-state index in [0.29, 0.717) is 6.42 Å². The number of ether oxygens (including phenoxy) is 4. The van der Waals surface area contributed by atoms with Gasteiger partial charge in [0.15, 0.2) is 0 Å². The Bertz CT molecular complexity index is 1130. The number of rotatable bonds is 46. The number of hydrogen-bond acceptors (Lipinski definition) is 9. The molecule has 0 fully saturated rings. The minimum atomic E-state index is -1.22. The van der Waals surface area contributed by atoms with Gasteiger partial charge < -0.3 is 23.8 Å². The van der Waals surface area contributed by atoms with Crippen molar-refractivity contribution < 1.29 is 38.1 Å². The molecule has 0 aliphatic heterocycles. The summed E-state index contributed by atoms with van der Waals surface area (Å²) >= 11 is 0. The lowest BCUT2D eigenvalue weighted by molar-refractivity contribution is -0.170. The van der Waals surface area contributed by atoms with Gasteiger partial charge in [0.25, 0.3) is 0 Å². The van der Waals surface area contributed by atoms with Crippen LogP contribution in [0.15, 0.2) is 36.5 Å². The quantitative estimate of drug-likeness (QED) is 0.0255. The smallest absolute Gasteiger partial charge is 0.305 e. The molecular formula is C54H97NO8. The van der Waals surface area contributed by atoms with Crippen LogP contribution < -0.4 is 0 Å². The van der Waals surface area contributed by atoms with E-state index in [1.165, 1.54) is 57.8 Å². The highest BCUT2D eigenvalue weighted by atomic mass is 16.6. The Morgan fingerprint density at radius 3 is 0.857 bits per heavy atom.